The Bertz CT molecular complexity index is 293. The Labute approximate surface area is 167 Å². The monoisotopic (exact) mass is 370 g/mol. The molecule has 3 atom stereocenters. The highest BCUT2D eigenvalue weighted by molar-refractivity contribution is 4.95. The second kappa shape index (κ2) is 19.5. The number of hydrogen-bond acceptors (Lipinski definition) is 0. The molecule has 0 aromatic rings. The molecule has 0 aliphatic heterocycles. The third-order valence-electron chi connectivity index (χ3n) is 5.08. The van der Waals surface area contributed by atoms with Gasteiger partial charge in [0.25, 0.3) is 0 Å². The second-order valence-electron chi connectivity index (χ2n) is 8.80. The van der Waals surface area contributed by atoms with Gasteiger partial charge < -0.3 is 5.48 Å². The van der Waals surface area contributed by atoms with Gasteiger partial charge in [-0.25, -0.2) is 0 Å². The molecule has 0 fully saturated rings. The molecule has 1 heteroatoms. The van der Waals surface area contributed by atoms with Crippen molar-refractivity contribution < 1.29 is 5.48 Å². The molecule has 0 saturated heterocycles. The fourth-order valence-corrected chi connectivity index (χ4v) is 4.34. The van der Waals surface area contributed by atoms with Gasteiger partial charge in [0.1, 0.15) is 0 Å². The highest BCUT2D eigenvalue weighted by atomic mass is 16.0. The number of allylic oxidation sites excluding steroid dienone is 2. The maximum absolute atomic E-state index is 2.49. The zero-order valence-electron chi connectivity index (χ0n) is 20.0. The van der Waals surface area contributed by atoms with E-state index in [0.29, 0.717) is 5.41 Å². The third-order valence-corrected chi connectivity index (χ3v) is 5.08. The molecular formula is C25H54O. The van der Waals surface area contributed by atoms with Crippen molar-refractivity contribution >= 4 is 0 Å². The summed E-state index contributed by atoms with van der Waals surface area (Å²) in [7, 11) is 0. The fourth-order valence-electron chi connectivity index (χ4n) is 4.34. The lowest BCUT2D eigenvalue weighted by Gasteiger charge is -2.33. The topological polar surface area (TPSA) is 31.5 Å². The van der Waals surface area contributed by atoms with Crippen molar-refractivity contribution in [3.05, 3.63) is 12.2 Å². The fraction of sp³-hybridized carbons (Fsp3) is 0.920. The highest BCUT2D eigenvalue weighted by Gasteiger charge is 2.25. The van der Waals surface area contributed by atoms with Crippen LogP contribution in [0.2, 0.25) is 0 Å². The molecule has 1 nitrogen and oxygen atoms in total. The van der Waals surface area contributed by atoms with Gasteiger partial charge in [0.05, 0.1) is 0 Å². The molecule has 26 heavy (non-hydrogen) atoms. The van der Waals surface area contributed by atoms with E-state index in [1.54, 1.807) is 0 Å². The molecule has 0 amide bonds. The van der Waals surface area contributed by atoms with Crippen LogP contribution in [-0.2, 0) is 0 Å². The van der Waals surface area contributed by atoms with Crippen LogP contribution in [0.15, 0.2) is 12.2 Å². The van der Waals surface area contributed by atoms with Crippen LogP contribution >= 0.6 is 0 Å². The second-order valence-corrected chi connectivity index (χ2v) is 8.80. The van der Waals surface area contributed by atoms with Gasteiger partial charge in [-0.2, -0.15) is 0 Å². The van der Waals surface area contributed by atoms with Crippen molar-refractivity contribution in [2.75, 3.05) is 0 Å². The van der Waals surface area contributed by atoms with Crippen LogP contribution in [0.25, 0.3) is 0 Å². The Balaban J connectivity index is -0.000000796. The molecule has 2 N–H and O–H groups in total. The van der Waals surface area contributed by atoms with Crippen LogP contribution in [0.1, 0.15) is 127 Å². The molecule has 1 rings (SSSR count). The molecule has 0 radical (unpaired) electrons. The summed E-state index contributed by atoms with van der Waals surface area (Å²) in [6.45, 7) is 20.4. The lowest BCUT2D eigenvalue weighted by Crippen LogP contribution is -2.21. The van der Waals surface area contributed by atoms with Gasteiger partial charge in [0, 0.05) is 0 Å². The predicted molar refractivity (Wildman–Crippen MR) is 123 cm³/mol. The summed E-state index contributed by atoms with van der Waals surface area (Å²) in [6.07, 6.45) is 18.6. The van der Waals surface area contributed by atoms with Gasteiger partial charge >= 0.3 is 0 Å². The number of hydrogen-bond donors (Lipinski definition) is 0. The number of rotatable bonds is 9. The first kappa shape index (κ1) is 30.4. The summed E-state index contributed by atoms with van der Waals surface area (Å²) in [4.78, 5) is 0. The van der Waals surface area contributed by atoms with Gasteiger partial charge in [-0.1, -0.05) is 100 Å². The highest BCUT2D eigenvalue weighted by Crippen LogP contribution is 2.38. The minimum Gasteiger partial charge on any atom is -0.412 e. The molecule has 0 spiro atoms. The van der Waals surface area contributed by atoms with Crippen molar-refractivity contribution in [1.29, 1.82) is 0 Å². The van der Waals surface area contributed by atoms with Gasteiger partial charge in [-0.3, -0.25) is 0 Å². The van der Waals surface area contributed by atoms with E-state index in [-0.39, 0.29) is 5.48 Å². The van der Waals surface area contributed by atoms with Crippen LogP contribution in [-0.4, -0.2) is 5.48 Å². The Morgan fingerprint density at radius 2 is 1.65 bits per heavy atom. The molecule has 0 heterocycles. The standard InChI is InChI=1S/C20H38.C3H8.C2H6.H2O/c1-6-11-18(7-2)14-17(3)15-20(4,5)16-19-12-9-8-10-13-19;1-3-2;1-2;/h9,12,17-19H,6-8,10-11,13-16H2,1-5H3;3H2,1-2H3;1-2H3;1H2/t17?,18?,19-;;;/m1.../s1. The molecular weight excluding hydrogens is 316 g/mol. The Hall–Kier alpha value is -0.300. The van der Waals surface area contributed by atoms with E-state index < -0.39 is 0 Å². The molecule has 0 aromatic heterocycles. The van der Waals surface area contributed by atoms with E-state index in [1.807, 2.05) is 13.8 Å². The molecule has 2 unspecified atom stereocenters. The van der Waals surface area contributed by atoms with Gasteiger partial charge in [-0.05, 0) is 61.7 Å². The van der Waals surface area contributed by atoms with Crippen molar-refractivity contribution in [3.63, 3.8) is 0 Å². The normalized spacial score (nSPS) is 18.4. The van der Waals surface area contributed by atoms with E-state index in [9.17, 15) is 0 Å². The summed E-state index contributed by atoms with van der Waals surface area (Å²) in [5.41, 5.74) is 0.510. The van der Waals surface area contributed by atoms with E-state index in [2.05, 4.69) is 60.6 Å². The summed E-state index contributed by atoms with van der Waals surface area (Å²) in [5, 5.41) is 0. The summed E-state index contributed by atoms with van der Waals surface area (Å²) in [6, 6.07) is 0. The molecule has 0 bridgehead atoms. The van der Waals surface area contributed by atoms with Crippen molar-refractivity contribution in [2.24, 2.45) is 23.2 Å². The van der Waals surface area contributed by atoms with Crippen LogP contribution in [0.3, 0.4) is 0 Å². The molecule has 0 aromatic carbocycles. The van der Waals surface area contributed by atoms with E-state index in [0.717, 1.165) is 17.8 Å². The summed E-state index contributed by atoms with van der Waals surface area (Å²) >= 11 is 0. The molecule has 160 valence electrons. The molecule has 0 saturated carbocycles. The van der Waals surface area contributed by atoms with Crippen LogP contribution in [0.5, 0.6) is 0 Å². The largest absolute Gasteiger partial charge is 0.412 e. The summed E-state index contributed by atoms with van der Waals surface area (Å²) in [5.74, 6) is 2.69. The summed E-state index contributed by atoms with van der Waals surface area (Å²) < 4.78 is 0. The predicted octanol–water partition coefficient (Wildman–Crippen LogP) is 8.62. The Morgan fingerprint density at radius 1 is 1.08 bits per heavy atom. The lowest BCUT2D eigenvalue weighted by molar-refractivity contribution is 0.201. The maximum Gasteiger partial charge on any atom is -0.0228 e. The van der Waals surface area contributed by atoms with E-state index >= 15 is 0 Å². The van der Waals surface area contributed by atoms with Gasteiger partial charge in [-0.15, -0.1) is 0 Å². The van der Waals surface area contributed by atoms with Crippen LogP contribution < -0.4 is 0 Å². The van der Waals surface area contributed by atoms with Crippen LogP contribution in [0, 0.1) is 23.2 Å². The smallest absolute Gasteiger partial charge is 0.0228 e. The van der Waals surface area contributed by atoms with Gasteiger partial charge in [0.15, 0.2) is 0 Å². The Kier molecular flexibility index (Phi) is 22.8. The molecule has 1 aliphatic rings. The first-order valence-corrected chi connectivity index (χ1v) is 11.5. The van der Waals surface area contributed by atoms with E-state index in [1.165, 1.54) is 64.2 Å². The lowest BCUT2D eigenvalue weighted by atomic mass is 9.73. The first-order chi connectivity index (χ1) is 11.9. The third kappa shape index (κ3) is 17.1. The first-order valence-electron chi connectivity index (χ1n) is 11.5. The van der Waals surface area contributed by atoms with Crippen molar-refractivity contribution in [3.8, 4) is 0 Å². The average Bonchev–Trinajstić information content (AvgIpc) is 2.57. The average molecular weight is 371 g/mol. The SMILES string of the molecule is CC.CCC.CCCC(CC)CC(C)CC(C)(C)C[C@@H]1C=CCCC1.O. The van der Waals surface area contributed by atoms with Crippen molar-refractivity contribution in [2.45, 2.75) is 127 Å². The zero-order valence-corrected chi connectivity index (χ0v) is 20.0. The van der Waals surface area contributed by atoms with E-state index in [4.69, 9.17) is 0 Å². The van der Waals surface area contributed by atoms with Gasteiger partial charge in [0.2, 0.25) is 0 Å². The quantitative estimate of drug-likeness (QED) is 0.364. The zero-order chi connectivity index (χ0) is 19.7. The van der Waals surface area contributed by atoms with Crippen LogP contribution in [0.4, 0.5) is 0 Å². The minimum absolute atomic E-state index is 0. The van der Waals surface area contributed by atoms with Crippen molar-refractivity contribution in [1.82, 2.24) is 0 Å². The minimum atomic E-state index is 0. The Morgan fingerprint density at radius 3 is 2.08 bits per heavy atom. The molecule has 1 aliphatic carbocycles. The maximum atomic E-state index is 2.49.